The minimum Gasteiger partial charge on any atom is -0.510 e. The van der Waals surface area contributed by atoms with Crippen molar-refractivity contribution in [3.63, 3.8) is 0 Å². The van der Waals surface area contributed by atoms with Gasteiger partial charge in [0.05, 0.1) is 30.8 Å². The van der Waals surface area contributed by atoms with E-state index in [1.807, 2.05) is 115 Å². The van der Waals surface area contributed by atoms with Gasteiger partial charge in [0.15, 0.2) is 0 Å². The Morgan fingerprint density at radius 3 is 1.52 bits per heavy atom. The molecule has 20 heteroatoms. The SMILES string of the molecule is CC(C)c1c[c-]c2c(n1)c1ccccc1n1cc(CCN3C=CN(c4[c-]cccc4)[CH-]3)nc21.CC(C)c1nc2c([c-]c1Oc1[c-]c(N3C=CN(C)[CH-]3)ccc1)c1nccn1c1ccccc21.C[Si](C)(C)c1c[c-]c2c(n1)c1ccccc1n1cc(CCN3C=CN(c4[c-]cccc4)[CH-]3)nc21.[Pt].[Pt].[Pt]. The first-order chi connectivity index (χ1) is 48.7. The van der Waals surface area contributed by atoms with E-state index in [1.54, 1.807) is 6.20 Å². The second-order valence-electron chi connectivity index (χ2n) is 26.9. The molecule has 16 nitrogen and oxygen atoms in total. The summed E-state index contributed by atoms with van der Waals surface area (Å²) in [6.07, 6.45) is 22.0. The summed E-state index contributed by atoms with van der Waals surface area (Å²) in [4.78, 5) is 42.4. The monoisotopic (exact) mass is 1910 g/mol. The Morgan fingerprint density at radius 2 is 0.990 bits per heavy atom. The van der Waals surface area contributed by atoms with Gasteiger partial charge >= 0.3 is 0 Å². The molecule has 0 bridgehead atoms. The van der Waals surface area contributed by atoms with Crippen LogP contribution in [0.15, 0.2) is 214 Å². The van der Waals surface area contributed by atoms with E-state index in [4.69, 9.17) is 29.7 Å². The molecular formula is C83H72N15OPt3Si-9. The van der Waals surface area contributed by atoms with Crippen molar-refractivity contribution in [3.05, 3.63) is 293 Å². The quantitative estimate of drug-likeness (QED) is 0.0584. The second kappa shape index (κ2) is 30.4. The number of fused-ring (bicyclic) bond motifs is 18. The summed E-state index contributed by atoms with van der Waals surface area (Å²) in [5.74, 6) is 1.73. The van der Waals surface area contributed by atoms with Crippen LogP contribution < -0.4 is 24.8 Å². The Labute approximate surface area is 644 Å². The molecule has 0 N–H and O–H groups in total. The summed E-state index contributed by atoms with van der Waals surface area (Å²) < 4.78 is 12.8. The Kier molecular flexibility index (Phi) is 21.2. The van der Waals surface area contributed by atoms with E-state index in [0.29, 0.717) is 17.4 Å². The number of anilines is 3. The average molecular weight is 1910 g/mol. The van der Waals surface area contributed by atoms with Gasteiger partial charge in [-0.15, -0.1) is 59.5 Å². The smallest absolute Gasteiger partial charge is 0.0634 e. The largest absolute Gasteiger partial charge is 0.510 e. The van der Waals surface area contributed by atoms with Gasteiger partial charge in [0.2, 0.25) is 0 Å². The maximum Gasteiger partial charge on any atom is 0.0634 e. The number of ether oxygens (including phenoxy) is 1. The number of hydrogen-bond donors (Lipinski definition) is 0. The summed E-state index contributed by atoms with van der Waals surface area (Å²) in [7, 11) is 0.438. The third-order valence-corrected chi connectivity index (χ3v) is 20.0. The number of pyridine rings is 6. The summed E-state index contributed by atoms with van der Waals surface area (Å²) in [5.41, 5.74) is 15.9. The number of rotatable bonds is 14. The molecule has 3 aliphatic rings. The zero-order valence-corrected chi connectivity index (χ0v) is 65.8. The number of benzene rings is 6. The standard InChI is InChI=1S/C28H26N5Si.C28H24N5.C27H22N5O.3Pt/c1-34(2,3)26-14-13-24-27(30-26)23-11-7-8-12-25(23)33-19-21(29-28(24)33)15-16-31-17-18-32(20-31)22-9-5-4-6-10-22;1-20(2)25-13-12-24-27(30-25)23-10-6-7-11-26(23)33-18-21(29-28(24)33)14-15-31-16-17-32(19-31)22-8-4-3-5-9-22;1-18(2)25-24(33-20-8-6-7-19(15-20)31-14-13-30(3)17-31)16-22-26(29-25)21-9-4-5-10-23(21)32-12-11-28-27(22)32;;;/h4-9,11-12,14,17-20H,15-16H2,1-3H3;3-8,10-11,13,16-20H,14-15H2,1-2H3;4-14,17-18H,1-3H3;;;/q3*-3;;;. The van der Waals surface area contributed by atoms with Crippen molar-refractivity contribution in [2.45, 2.75) is 72.0 Å². The molecule has 12 heterocycles. The van der Waals surface area contributed by atoms with E-state index in [1.165, 1.54) is 5.32 Å². The van der Waals surface area contributed by atoms with Crippen molar-refractivity contribution < 1.29 is 67.9 Å². The van der Waals surface area contributed by atoms with Gasteiger partial charge in [-0.25, -0.2) is 0 Å². The van der Waals surface area contributed by atoms with Gasteiger partial charge < -0.3 is 62.3 Å². The Hall–Kier alpha value is -9.50. The van der Waals surface area contributed by atoms with Gasteiger partial charge in [-0.3, -0.25) is 15.0 Å². The zero-order chi connectivity index (χ0) is 68.2. The Balaban J connectivity index is 0.000000136. The number of hydrogen-bond acceptors (Lipinski definition) is 13. The molecular weight excluding hydrogens is 1840 g/mol. The first-order valence-corrected chi connectivity index (χ1v) is 37.4. The zero-order valence-electron chi connectivity index (χ0n) is 58.0. The fraction of sp³-hybridized carbons (Fsp3) is 0.169. The van der Waals surface area contributed by atoms with Crippen LogP contribution in [-0.4, -0.2) is 86.0 Å². The predicted molar refractivity (Wildman–Crippen MR) is 404 cm³/mol. The van der Waals surface area contributed by atoms with Crippen LogP contribution >= 0.6 is 0 Å². The molecule has 18 rings (SSSR count). The van der Waals surface area contributed by atoms with E-state index >= 15 is 0 Å². The molecule has 528 valence electrons. The minimum atomic E-state index is -1.55. The maximum atomic E-state index is 6.35. The molecule has 0 fully saturated rings. The number of aromatic nitrogens is 9. The fourth-order valence-electron chi connectivity index (χ4n) is 13.0. The van der Waals surface area contributed by atoms with Crippen molar-refractivity contribution in [2.24, 2.45) is 0 Å². The molecule has 6 aromatic carbocycles. The molecule has 0 radical (unpaired) electrons. The molecule has 15 aromatic rings. The van der Waals surface area contributed by atoms with Crippen LogP contribution in [-0.2, 0) is 76.0 Å². The molecule has 9 aromatic heterocycles. The van der Waals surface area contributed by atoms with Crippen molar-refractivity contribution in [1.29, 1.82) is 0 Å². The van der Waals surface area contributed by atoms with Gasteiger partial charge in [0.1, 0.15) is 0 Å². The number of nitrogens with zero attached hydrogens (tertiary/aromatic N) is 15. The number of imidazole rings is 3. The van der Waals surface area contributed by atoms with E-state index in [2.05, 4.69) is 251 Å². The van der Waals surface area contributed by atoms with E-state index in [-0.39, 0.29) is 69.1 Å². The normalized spacial score (nSPS) is 13.6. The van der Waals surface area contributed by atoms with Crippen LogP contribution in [0.2, 0.25) is 19.6 Å². The van der Waals surface area contributed by atoms with Gasteiger partial charge in [-0.2, -0.15) is 86.7 Å². The third kappa shape index (κ3) is 14.5. The fourth-order valence-corrected chi connectivity index (χ4v) is 13.9. The number of para-hydroxylation sites is 5. The van der Waals surface area contributed by atoms with Crippen molar-refractivity contribution in [2.75, 3.05) is 34.8 Å². The van der Waals surface area contributed by atoms with Crippen LogP contribution in [0.5, 0.6) is 11.5 Å². The summed E-state index contributed by atoms with van der Waals surface area (Å²) in [6.45, 7) is 23.4. The van der Waals surface area contributed by atoms with Crippen LogP contribution in [0.25, 0.3) is 82.4 Å². The summed E-state index contributed by atoms with van der Waals surface area (Å²) in [5, 5.41) is 7.33. The van der Waals surface area contributed by atoms with Crippen LogP contribution in [0.1, 0.15) is 62.3 Å². The van der Waals surface area contributed by atoms with Crippen molar-refractivity contribution in [3.8, 4) is 11.5 Å². The van der Waals surface area contributed by atoms with Gasteiger partial charge in [0, 0.05) is 140 Å². The van der Waals surface area contributed by atoms with Gasteiger partial charge in [-0.1, -0.05) is 129 Å². The maximum absolute atomic E-state index is 6.35. The summed E-state index contributed by atoms with van der Waals surface area (Å²) in [6, 6.07) is 71.5. The van der Waals surface area contributed by atoms with Crippen LogP contribution in [0.3, 0.4) is 0 Å². The van der Waals surface area contributed by atoms with E-state index in [0.717, 1.165) is 148 Å². The molecule has 0 aliphatic carbocycles. The average Bonchev–Trinajstić information content (AvgIpc) is 1.73. The molecule has 0 atom stereocenters. The topological polar surface area (TPSA) is 119 Å². The molecule has 0 saturated heterocycles. The molecule has 3 aliphatic heterocycles. The van der Waals surface area contributed by atoms with Gasteiger partial charge in [-0.05, 0) is 126 Å². The van der Waals surface area contributed by atoms with E-state index in [9.17, 15) is 0 Å². The van der Waals surface area contributed by atoms with Crippen LogP contribution in [0, 0.1) is 56.4 Å². The van der Waals surface area contributed by atoms with Crippen molar-refractivity contribution in [1.82, 2.24) is 57.8 Å². The minimum absolute atomic E-state index is 0. The first kappa shape index (κ1) is 71.9. The molecule has 0 spiro atoms. The Morgan fingerprint density at radius 1 is 0.476 bits per heavy atom. The predicted octanol–water partition coefficient (Wildman–Crippen LogP) is 16.7. The third-order valence-electron chi connectivity index (χ3n) is 18.2. The van der Waals surface area contributed by atoms with Crippen molar-refractivity contribution >= 4 is 113 Å². The van der Waals surface area contributed by atoms with Gasteiger partial charge in [0.25, 0.3) is 0 Å². The molecule has 0 saturated carbocycles. The molecule has 0 unspecified atom stereocenters. The molecule has 103 heavy (non-hydrogen) atoms. The first-order valence-electron chi connectivity index (χ1n) is 33.9. The molecule has 0 amide bonds. The van der Waals surface area contributed by atoms with Crippen LogP contribution in [0.4, 0.5) is 17.1 Å². The second-order valence-corrected chi connectivity index (χ2v) is 31.9. The van der Waals surface area contributed by atoms with E-state index < -0.39 is 8.07 Å². The Bertz CT molecular complexity index is 5680. The summed E-state index contributed by atoms with van der Waals surface area (Å²) >= 11 is 0.